The minimum absolute atomic E-state index is 0.0262. The zero-order valence-corrected chi connectivity index (χ0v) is 22.4. The van der Waals surface area contributed by atoms with E-state index in [1.807, 2.05) is 0 Å². The van der Waals surface area contributed by atoms with Crippen molar-refractivity contribution in [2.45, 2.75) is 31.1 Å². The maximum atomic E-state index is 13.7. The van der Waals surface area contributed by atoms with Gasteiger partial charge in [0.05, 0.1) is 21.0 Å². The van der Waals surface area contributed by atoms with E-state index >= 15 is 0 Å². The third-order valence-electron chi connectivity index (χ3n) is 4.81. The maximum absolute atomic E-state index is 13.7. The molecule has 0 saturated heterocycles. The zero-order valence-electron chi connectivity index (χ0n) is 18.5. The molecule has 0 aromatic heterocycles. The highest BCUT2D eigenvalue weighted by molar-refractivity contribution is 9.10. The number of hydrogen-bond donors (Lipinski definition) is 2. The molecule has 2 rings (SSSR count). The molecular weight excluding hydrogens is 637 g/mol. The topological polar surface area (TPSA) is 58.2 Å². The van der Waals surface area contributed by atoms with Gasteiger partial charge in [0.1, 0.15) is 6.54 Å². The van der Waals surface area contributed by atoms with Gasteiger partial charge >= 0.3 is 18.4 Å². The Labute approximate surface area is 231 Å². The largest absolute Gasteiger partial charge is 0.405 e. The van der Waals surface area contributed by atoms with E-state index in [0.717, 1.165) is 18.2 Å². The van der Waals surface area contributed by atoms with Crippen molar-refractivity contribution in [2.75, 3.05) is 13.1 Å². The highest BCUT2D eigenvalue weighted by Gasteiger charge is 2.39. The lowest BCUT2D eigenvalue weighted by molar-refractivity contribution is -0.139. The minimum Gasteiger partial charge on any atom is -0.338 e. The van der Waals surface area contributed by atoms with Crippen molar-refractivity contribution in [3.63, 3.8) is 0 Å². The molecule has 0 saturated carbocycles. The normalized spacial score (nSPS) is 13.0. The summed E-state index contributed by atoms with van der Waals surface area (Å²) < 4.78 is 77.7. The van der Waals surface area contributed by atoms with Crippen molar-refractivity contribution in [1.82, 2.24) is 10.6 Å². The molecule has 0 aliphatic carbocycles. The number of carbonyl (C=O) groups excluding carboxylic acids is 2. The third kappa shape index (κ3) is 10.0. The molecule has 2 aromatic rings. The molecule has 0 bridgehead atoms. The van der Waals surface area contributed by atoms with E-state index in [1.165, 1.54) is 24.3 Å². The van der Waals surface area contributed by atoms with E-state index in [-0.39, 0.29) is 51.4 Å². The van der Waals surface area contributed by atoms with Gasteiger partial charge in [-0.15, -0.1) is 0 Å². The van der Waals surface area contributed by atoms with Gasteiger partial charge in [-0.3, -0.25) is 4.79 Å². The van der Waals surface area contributed by atoms with Gasteiger partial charge in [0.2, 0.25) is 0 Å². The molecule has 2 aromatic carbocycles. The van der Waals surface area contributed by atoms with Crippen LogP contribution in [-0.2, 0) is 0 Å². The molecule has 4 nitrogen and oxygen atoms in total. The number of ketones is 1. The Balaban J connectivity index is 2.03. The highest BCUT2D eigenvalue weighted by atomic mass is 79.9. The van der Waals surface area contributed by atoms with Crippen molar-refractivity contribution < 1.29 is 35.9 Å². The maximum Gasteiger partial charge on any atom is 0.405 e. The van der Waals surface area contributed by atoms with Crippen LogP contribution in [0.4, 0.5) is 31.1 Å². The standard InChI is InChI=1S/C23H18BrCl3F6N2O2/c24-16-8-12(4-6-15(23(31,32)33)13-9-17(25)20(27)18(26)10-13)3-5-14(16)19(36)2-1-7-34-21(37)35-11-22(28,29)30/h3-6,8-10,15H,1-2,7,11H2,(H2,34,35,37)/b6-4+. The van der Waals surface area contributed by atoms with E-state index < -0.39 is 30.8 Å². The van der Waals surface area contributed by atoms with E-state index in [1.54, 1.807) is 5.32 Å². The first-order valence-corrected chi connectivity index (χ1v) is 12.3. The summed E-state index contributed by atoms with van der Waals surface area (Å²) in [6.45, 7) is -1.51. The van der Waals surface area contributed by atoms with Crippen molar-refractivity contribution >= 4 is 68.6 Å². The van der Waals surface area contributed by atoms with Crippen LogP contribution in [0.2, 0.25) is 15.1 Å². The number of halogens is 10. The SMILES string of the molecule is O=C(NCCCC(=O)c1ccc(/C=C/C(c2cc(Cl)c(Cl)c(Cl)c2)C(F)(F)F)cc1Br)NCC(F)(F)F. The second-order valence-electron chi connectivity index (χ2n) is 7.67. The Hall–Kier alpha value is -1.95. The Morgan fingerprint density at radius 1 is 0.973 bits per heavy atom. The second-order valence-corrected chi connectivity index (χ2v) is 9.71. The van der Waals surface area contributed by atoms with Gasteiger partial charge in [-0.1, -0.05) is 69.0 Å². The number of carbonyl (C=O) groups is 2. The lowest BCUT2D eigenvalue weighted by Crippen LogP contribution is -2.41. The number of nitrogens with one attached hydrogen (secondary N) is 2. The number of amides is 2. The molecule has 2 amide bonds. The Morgan fingerprint density at radius 3 is 2.14 bits per heavy atom. The molecule has 2 N–H and O–H groups in total. The summed E-state index contributed by atoms with van der Waals surface area (Å²) in [5, 5.41) is 3.57. The van der Waals surface area contributed by atoms with E-state index in [4.69, 9.17) is 34.8 Å². The quantitative estimate of drug-likeness (QED) is 0.123. The fourth-order valence-electron chi connectivity index (χ4n) is 3.06. The molecule has 37 heavy (non-hydrogen) atoms. The lowest BCUT2D eigenvalue weighted by Gasteiger charge is -2.18. The number of benzene rings is 2. The van der Waals surface area contributed by atoms with Crippen molar-refractivity contribution in [1.29, 1.82) is 0 Å². The number of Topliss-reactive ketones (excluding diaryl/α,β-unsaturated/α-hetero) is 1. The number of urea groups is 1. The van der Waals surface area contributed by atoms with Crippen LogP contribution >= 0.6 is 50.7 Å². The summed E-state index contributed by atoms with van der Waals surface area (Å²) in [5.41, 5.74) is 0.420. The number of hydrogen-bond acceptors (Lipinski definition) is 2. The van der Waals surface area contributed by atoms with Gasteiger partial charge in [-0.25, -0.2) is 4.79 Å². The predicted molar refractivity (Wildman–Crippen MR) is 134 cm³/mol. The molecular formula is C23H18BrCl3F6N2O2. The van der Waals surface area contributed by atoms with Crippen molar-refractivity contribution in [3.8, 4) is 0 Å². The summed E-state index contributed by atoms with van der Waals surface area (Å²) in [6, 6.07) is 5.50. The van der Waals surface area contributed by atoms with Crippen LogP contribution in [0, 0.1) is 0 Å². The molecule has 202 valence electrons. The zero-order chi connectivity index (χ0) is 28.0. The molecule has 0 spiro atoms. The van der Waals surface area contributed by atoms with Gasteiger partial charge in [-0.2, -0.15) is 26.3 Å². The van der Waals surface area contributed by atoms with Crippen LogP contribution < -0.4 is 10.6 Å². The van der Waals surface area contributed by atoms with Crippen molar-refractivity contribution in [2.24, 2.45) is 0 Å². The van der Waals surface area contributed by atoms with Gasteiger partial charge in [0.25, 0.3) is 0 Å². The third-order valence-corrected chi connectivity index (χ3v) is 6.66. The van der Waals surface area contributed by atoms with Gasteiger partial charge < -0.3 is 10.6 Å². The van der Waals surface area contributed by atoms with Crippen LogP contribution in [0.15, 0.2) is 40.9 Å². The van der Waals surface area contributed by atoms with Gasteiger partial charge in [0.15, 0.2) is 5.78 Å². The lowest BCUT2D eigenvalue weighted by atomic mass is 9.96. The summed E-state index contributed by atoms with van der Waals surface area (Å²) in [5.74, 6) is -2.36. The van der Waals surface area contributed by atoms with E-state index in [9.17, 15) is 35.9 Å². The van der Waals surface area contributed by atoms with Crippen LogP contribution in [0.1, 0.15) is 40.2 Å². The second kappa shape index (κ2) is 13.2. The Kier molecular flexibility index (Phi) is 11.2. The monoisotopic (exact) mass is 652 g/mol. The molecule has 14 heteroatoms. The molecule has 1 atom stereocenters. The van der Waals surface area contributed by atoms with Crippen LogP contribution in [0.25, 0.3) is 6.08 Å². The first kappa shape index (κ1) is 31.3. The summed E-state index contributed by atoms with van der Waals surface area (Å²) in [4.78, 5) is 23.7. The molecule has 0 fully saturated rings. The van der Waals surface area contributed by atoms with E-state index in [0.29, 0.717) is 10.0 Å². The average molecular weight is 655 g/mol. The molecule has 0 heterocycles. The fraction of sp³-hybridized carbons (Fsp3) is 0.304. The first-order valence-electron chi connectivity index (χ1n) is 10.4. The number of rotatable bonds is 9. The van der Waals surface area contributed by atoms with Crippen LogP contribution in [-0.4, -0.2) is 37.3 Å². The average Bonchev–Trinajstić information content (AvgIpc) is 2.77. The summed E-state index contributed by atoms with van der Waals surface area (Å²) >= 11 is 20.8. The molecule has 0 radical (unpaired) electrons. The highest BCUT2D eigenvalue weighted by Crippen LogP contribution is 2.41. The number of allylic oxidation sites excluding steroid dienone is 1. The Bertz CT molecular complexity index is 1150. The van der Waals surface area contributed by atoms with Gasteiger partial charge in [-0.05, 0) is 41.8 Å². The summed E-state index contributed by atoms with van der Waals surface area (Å²) in [7, 11) is 0. The predicted octanol–water partition coefficient (Wildman–Crippen LogP) is 8.59. The van der Waals surface area contributed by atoms with Crippen molar-refractivity contribution in [3.05, 3.63) is 72.6 Å². The molecule has 0 aliphatic heterocycles. The van der Waals surface area contributed by atoms with Crippen LogP contribution in [0.3, 0.4) is 0 Å². The molecule has 1 unspecified atom stereocenters. The Morgan fingerprint density at radius 2 is 1.59 bits per heavy atom. The summed E-state index contributed by atoms with van der Waals surface area (Å²) in [6.07, 6.45) is -6.90. The minimum atomic E-state index is -4.65. The number of alkyl halides is 6. The van der Waals surface area contributed by atoms with Gasteiger partial charge in [0, 0.05) is 23.0 Å². The van der Waals surface area contributed by atoms with E-state index in [2.05, 4.69) is 21.2 Å². The smallest absolute Gasteiger partial charge is 0.338 e. The first-order chi connectivity index (χ1) is 17.1. The fourth-order valence-corrected chi connectivity index (χ4v) is 4.29. The molecule has 0 aliphatic rings. The van der Waals surface area contributed by atoms with Crippen LogP contribution in [0.5, 0.6) is 0 Å².